The van der Waals surface area contributed by atoms with Gasteiger partial charge in [0.15, 0.2) is 0 Å². The fraction of sp³-hybridized carbons (Fsp3) is 0. The number of rotatable bonds is 4. The Morgan fingerprint density at radius 1 is 1.14 bits per heavy atom. The third-order valence-electron chi connectivity index (χ3n) is 2.65. The Labute approximate surface area is 141 Å². The Balaban J connectivity index is 2.16. The lowest BCUT2D eigenvalue weighted by Gasteiger charge is -2.05. The van der Waals surface area contributed by atoms with E-state index in [1.54, 1.807) is 30.3 Å². The smallest absolute Gasteiger partial charge is 0.267 e. The van der Waals surface area contributed by atoms with E-state index in [0.29, 0.717) is 9.13 Å². The van der Waals surface area contributed by atoms with E-state index in [9.17, 15) is 17.6 Å². The summed E-state index contributed by atoms with van der Waals surface area (Å²) in [5, 5.41) is 0.867. The van der Waals surface area contributed by atoms with Gasteiger partial charge < -0.3 is 0 Å². The van der Waals surface area contributed by atoms with Crippen molar-refractivity contribution in [3.8, 4) is 0 Å². The van der Waals surface area contributed by atoms with Crippen molar-refractivity contribution in [1.82, 2.24) is 4.72 Å². The average molecular weight is 431 g/mol. The lowest BCUT2D eigenvalue weighted by atomic mass is 10.2. The monoisotopic (exact) mass is 431 g/mol. The molecule has 0 radical (unpaired) electrons. The van der Waals surface area contributed by atoms with Crippen molar-refractivity contribution in [3.05, 3.63) is 74.5 Å². The predicted molar refractivity (Wildman–Crippen MR) is 91.0 cm³/mol. The van der Waals surface area contributed by atoms with Crippen LogP contribution in [0.2, 0.25) is 0 Å². The third kappa shape index (κ3) is 4.63. The molecular weight excluding hydrogens is 420 g/mol. The van der Waals surface area contributed by atoms with Gasteiger partial charge in [-0.1, -0.05) is 30.3 Å². The van der Waals surface area contributed by atoms with Gasteiger partial charge in [-0.2, -0.15) is 0 Å². The molecule has 0 atom stereocenters. The summed E-state index contributed by atoms with van der Waals surface area (Å²) in [6, 6.07) is 12.6. The van der Waals surface area contributed by atoms with Crippen LogP contribution in [0.5, 0.6) is 0 Å². The molecule has 0 unspecified atom stereocenters. The second kappa shape index (κ2) is 7.01. The van der Waals surface area contributed by atoms with E-state index in [2.05, 4.69) is 0 Å². The Morgan fingerprint density at radius 2 is 1.82 bits per heavy atom. The van der Waals surface area contributed by atoms with Gasteiger partial charge >= 0.3 is 0 Å². The standard InChI is InChI=1S/C15H11FINO3S/c16-14-7-6-12(17)10-13(14)15(19)18-22(20,21)9-8-11-4-2-1-3-5-11/h1-10H,(H,18,19). The Hall–Kier alpha value is -1.74. The quantitative estimate of drug-likeness (QED) is 0.757. The number of nitrogens with one attached hydrogen (secondary N) is 1. The highest BCUT2D eigenvalue weighted by Gasteiger charge is 2.17. The van der Waals surface area contributed by atoms with Crippen molar-refractivity contribution in [2.24, 2.45) is 0 Å². The minimum absolute atomic E-state index is 0.316. The summed E-state index contributed by atoms with van der Waals surface area (Å²) in [6.07, 6.45) is 1.35. The molecule has 0 fully saturated rings. The van der Waals surface area contributed by atoms with Crippen LogP contribution in [-0.4, -0.2) is 14.3 Å². The predicted octanol–water partition coefficient (Wildman–Crippen LogP) is 3.16. The van der Waals surface area contributed by atoms with Crippen LogP contribution in [0.4, 0.5) is 4.39 Å². The first-order valence-corrected chi connectivity index (χ1v) is 8.75. The molecule has 4 nitrogen and oxygen atoms in total. The zero-order chi connectivity index (χ0) is 16.2. The lowest BCUT2D eigenvalue weighted by Crippen LogP contribution is -2.29. The van der Waals surface area contributed by atoms with Crippen LogP contribution in [0.1, 0.15) is 15.9 Å². The number of hydrogen-bond acceptors (Lipinski definition) is 3. The summed E-state index contributed by atoms with van der Waals surface area (Å²) >= 11 is 1.91. The largest absolute Gasteiger partial charge is 0.268 e. The molecule has 1 amide bonds. The van der Waals surface area contributed by atoms with Gasteiger partial charge in [0.05, 0.1) is 11.0 Å². The first-order valence-electron chi connectivity index (χ1n) is 6.13. The molecule has 0 aliphatic carbocycles. The number of amides is 1. The molecule has 22 heavy (non-hydrogen) atoms. The molecule has 0 aliphatic rings. The Kier molecular flexibility index (Phi) is 5.30. The topological polar surface area (TPSA) is 63.2 Å². The maximum Gasteiger partial charge on any atom is 0.267 e. The molecule has 2 rings (SSSR count). The van der Waals surface area contributed by atoms with Crippen LogP contribution < -0.4 is 4.72 Å². The first kappa shape index (κ1) is 16.6. The van der Waals surface area contributed by atoms with Gasteiger partial charge in [0.25, 0.3) is 15.9 Å². The fourth-order valence-corrected chi connectivity index (χ4v) is 2.89. The molecule has 0 spiro atoms. The molecule has 2 aromatic carbocycles. The van der Waals surface area contributed by atoms with Crippen molar-refractivity contribution in [2.45, 2.75) is 0 Å². The number of carbonyl (C=O) groups is 1. The molecule has 0 heterocycles. The van der Waals surface area contributed by atoms with Crippen LogP contribution >= 0.6 is 22.6 Å². The summed E-state index contributed by atoms with van der Waals surface area (Å²) in [7, 11) is -4.01. The van der Waals surface area contributed by atoms with E-state index in [4.69, 9.17) is 0 Å². The molecular formula is C15H11FINO3S. The normalized spacial score (nSPS) is 11.5. The van der Waals surface area contributed by atoms with Gasteiger partial charge in [-0.15, -0.1) is 0 Å². The van der Waals surface area contributed by atoms with E-state index in [1.807, 2.05) is 27.3 Å². The van der Waals surface area contributed by atoms with Crippen LogP contribution in [0.25, 0.3) is 6.08 Å². The number of halogens is 2. The summed E-state index contributed by atoms with van der Waals surface area (Å²) in [5.74, 6) is -1.78. The highest BCUT2D eigenvalue weighted by atomic mass is 127. The zero-order valence-electron chi connectivity index (χ0n) is 11.2. The van der Waals surface area contributed by atoms with Crippen molar-refractivity contribution < 1.29 is 17.6 Å². The second-order valence-corrected chi connectivity index (χ2v) is 7.13. The number of hydrogen-bond donors (Lipinski definition) is 1. The minimum Gasteiger partial charge on any atom is -0.268 e. The number of carbonyl (C=O) groups excluding carboxylic acids is 1. The molecule has 7 heteroatoms. The fourth-order valence-electron chi connectivity index (χ4n) is 1.62. The van der Waals surface area contributed by atoms with Crippen molar-refractivity contribution in [1.29, 1.82) is 0 Å². The van der Waals surface area contributed by atoms with Crippen molar-refractivity contribution >= 4 is 44.6 Å². The summed E-state index contributed by atoms with van der Waals surface area (Å²) in [6.45, 7) is 0. The van der Waals surface area contributed by atoms with Crippen LogP contribution in [0.3, 0.4) is 0 Å². The lowest BCUT2D eigenvalue weighted by molar-refractivity contribution is 0.0978. The van der Waals surface area contributed by atoms with Crippen LogP contribution in [0.15, 0.2) is 53.9 Å². The van der Waals surface area contributed by atoms with Crippen LogP contribution in [-0.2, 0) is 10.0 Å². The van der Waals surface area contributed by atoms with E-state index in [-0.39, 0.29) is 5.56 Å². The molecule has 114 valence electrons. The Morgan fingerprint density at radius 3 is 2.50 bits per heavy atom. The third-order valence-corrected chi connectivity index (χ3v) is 4.28. The van der Waals surface area contributed by atoms with E-state index < -0.39 is 21.7 Å². The van der Waals surface area contributed by atoms with Gasteiger partial charge in [0.2, 0.25) is 0 Å². The molecule has 2 aromatic rings. The summed E-state index contributed by atoms with van der Waals surface area (Å²) in [5.41, 5.74) is 0.351. The second-order valence-electron chi connectivity index (χ2n) is 4.31. The Bertz CT molecular complexity index is 820. The zero-order valence-corrected chi connectivity index (χ0v) is 14.1. The highest BCUT2D eigenvalue weighted by molar-refractivity contribution is 14.1. The number of sulfonamides is 1. The average Bonchev–Trinajstić information content (AvgIpc) is 2.48. The maximum absolute atomic E-state index is 13.6. The minimum atomic E-state index is -4.01. The van der Waals surface area contributed by atoms with E-state index in [1.165, 1.54) is 18.2 Å². The molecule has 0 bridgehead atoms. The van der Waals surface area contributed by atoms with Gasteiger partial charge in [0.1, 0.15) is 5.82 Å². The van der Waals surface area contributed by atoms with E-state index in [0.717, 1.165) is 11.5 Å². The molecule has 0 aromatic heterocycles. The van der Waals surface area contributed by atoms with Gasteiger partial charge in [-0.25, -0.2) is 17.5 Å². The summed E-state index contributed by atoms with van der Waals surface area (Å²) in [4.78, 5) is 11.9. The van der Waals surface area contributed by atoms with E-state index >= 15 is 0 Å². The molecule has 0 saturated heterocycles. The maximum atomic E-state index is 13.6. The summed E-state index contributed by atoms with van der Waals surface area (Å²) < 4.78 is 39.7. The first-order chi connectivity index (χ1) is 10.4. The SMILES string of the molecule is O=C(NS(=O)(=O)C=Cc1ccccc1)c1cc(I)ccc1F. The number of benzene rings is 2. The molecule has 1 N–H and O–H groups in total. The van der Waals surface area contributed by atoms with Gasteiger partial charge in [-0.3, -0.25) is 4.79 Å². The highest BCUT2D eigenvalue weighted by Crippen LogP contribution is 2.13. The van der Waals surface area contributed by atoms with Crippen LogP contribution in [0, 0.1) is 9.39 Å². The molecule has 0 saturated carbocycles. The van der Waals surface area contributed by atoms with Crippen molar-refractivity contribution in [3.63, 3.8) is 0 Å². The van der Waals surface area contributed by atoms with Gasteiger partial charge in [-0.05, 0) is 52.4 Å². The van der Waals surface area contributed by atoms with Gasteiger partial charge in [0, 0.05) is 3.57 Å². The van der Waals surface area contributed by atoms with Crippen molar-refractivity contribution in [2.75, 3.05) is 0 Å². The molecule has 0 aliphatic heterocycles.